The summed E-state index contributed by atoms with van der Waals surface area (Å²) in [5, 5.41) is 3.22. The zero-order valence-corrected chi connectivity index (χ0v) is 15.7. The van der Waals surface area contributed by atoms with Crippen LogP contribution in [0.1, 0.15) is 23.2 Å². The molecule has 0 unspecified atom stereocenters. The summed E-state index contributed by atoms with van der Waals surface area (Å²) in [6.07, 6.45) is 2.96. The van der Waals surface area contributed by atoms with Crippen molar-refractivity contribution in [1.82, 2.24) is 10.2 Å². The van der Waals surface area contributed by atoms with Crippen molar-refractivity contribution in [2.45, 2.75) is 23.8 Å². The fourth-order valence-corrected chi connectivity index (χ4v) is 3.50. The van der Waals surface area contributed by atoms with Crippen molar-refractivity contribution < 1.29 is 13.2 Å². The maximum Gasteiger partial charge on any atom is 0.255 e. The molecule has 1 amide bonds. The number of rotatable bonds is 3. The van der Waals surface area contributed by atoms with E-state index in [9.17, 15) is 13.2 Å². The first kappa shape index (κ1) is 19.4. The Morgan fingerprint density at radius 2 is 1.91 bits per heavy atom. The molecule has 1 heterocycles. The van der Waals surface area contributed by atoms with Crippen molar-refractivity contribution >= 4 is 44.1 Å². The fourth-order valence-electron chi connectivity index (χ4n) is 2.44. The lowest BCUT2D eigenvalue weighted by atomic mass is 10.0. The van der Waals surface area contributed by atoms with Crippen LogP contribution in [-0.4, -0.2) is 51.7 Å². The molecule has 1 aromatic carbocycles. The number of sulfone groups is 1. The van der Waals surface area contributed by atoms with Gasteiger partial charge in [0.2, 0.25) is 0 Å². The third kappa shape index (κ3) is 4.44. The van der Waals surface area contributed by atoms with Crippen molar-refractivity contribution in [2.24, 2.45) is 0 Å². The monoisotopic (exact) mass is 410 g/mol. The van der Waals surface area contributed by atoms with Crippen LogP contribution in [0.25, 0.3) is 0 Å². The third-order valence-corrected chi connectivity index (χ3v) is 5.59. The van der Waals surface area contributed by atoms with Crippen LogP contribution in [0.15, 0.2) is 27.6 Å². The van der Waals surface area contributed by atoms with E-state index < -0.39 is 9.84 Å². The molecule has 0 bridgehead atoms. The maximum atomic E-state index is 12.6. The Bertz CT molecular complexity index is 643. The summed E-state index contributed by atoms with van der Waals surface area (Å²) in [6, 6.07) is 5.01. The first-order chi connectivity index (χ1) is 9.82. The summed E-state index contributed by atoms with van der Waals surface area (Å²) in [6.45, 7) is 1.36. The maximum absolute atomic E-state index is 12.6. The lowest BCUT2D eigenvalue weighted by Crippen LogP contribution is -2.44. The van der Waals surface area contributed by atoms with E-state index in [-0.39, 0.29) is 23.2 Å². The predicted octanol–water partition coefficient (Wildman–Crippen LogP) is 2.10. The standard InChI is InChI=1S/C14H19BrN2O3S.ClH/c1-16-10-5-7-17(8-6-10)14(18)12-9-11(21(2,19)20)3-4-13(12)15;/h3-4,9-10,16H,5-8H2,1-2H3;1H. The highest BCUT2D eigenvalue weighted by molar-refractivity contribution is 9.10. The van der Waals surface area contributed by atoms with E-state index in [1.165, 1.54) is 12.1 Å². The molecule has 0 atom stereocenters. The quantitative estimate of drug-likeness (QED) is 0.827. The van der Waals surface area contributed by atoms with Crippen LogP contribution < -0.4 is 5.32 Å². The zero-order chi connectivity index (χ0) is 15.6. The van der Waals surface area contributed by atoms with E-state index in [0.29, 0.717) is 29.2 Å². The second-order valence-electron chi connectivity index (χ2n) is 5.27. The number of hydrogen-bond acceptors (Lipinski definition) is 4. The van der Waals surface area contributed by atoms with E-state index in [0.717, 1.165) is 19.1 Å². The minimum Gasteiger partial charge on any atom is -0.338 e. The number of carbonyl (C=O) groups excluding carboxylic acids is 1. The van der Waals surface area contributed by atoms with Gasteiger partial charge in [0, 0.05) is 29.9 Å². The van der Waals surface area contributed by atoms with Crippen molar-refractivity contribution in [3.8, 4) is 0 Å². The normalized spacial score (nSPS) is 16.2. The second kappa shape index (κ2) is 7.77. The number of hydrogen-bond donors (Lipinski definition) is 1. The van der Waals surface area contributed by atoms with Gasteiger partial charge in [0.05, 0.1) is 10.5 Å². The number of piperidine rings is 1. The average Bonchev–Trinajstić information content (AvgIpc) is 2.46. The predicted molar refractivity (Wildman–Crippen MR) is 92.5 cm³/mol. The minimum atomic E-state index is -3.32. The van der Waals surface area contributed by atoms with Crippen LogP contribution in [0, 0.1) is 0 Å². The Morgan fingerprint density at radius 1 is 1.32 bits per heavy atom. The Labute approximate surface area is 145 Å². The Morgan fingerprint density at radius 3 is 2.41 bits per heavy atom. The van der Waals surface area contributed by atoms with Crippen LogP contribution in [0.2, 0.25) is 0 Å². The number of nitrogens with zero attached hydrogens (tertiary/aromatic N) is 1. The molecule has 0 spiro atoms. The first-order valence-corrected chi connectivity index (χ1v) is 9.47. The van der Waals surface area contributed by atoms with E-state index in [2.05, 4.69) is 21.2 Å². The molecule has 1 fully saturated rings. The molecule has 1 saturated heterocycles. The van der Waals surface area contributed by atoms with Gasteiger partial charge in [-0.25, -0.2) is 8.42 Å². The number of nitrogens with one attached hydrogen (secondary N) is 1. The van der Waals surface area contributed by atoms with Gasteiger partial charge in [0.25, 0.3) is 5.91 Å². The summed E-state index contributed by atoms with van der Waals surface area (Å²) >= 11 is 3.34. The molecule has 22 heavy (non-hydrogen) atoms. The topological polar surface area (TPSA) is 66.5 Å². The molecule has 8 heteroatoms. The molecule has 1 N–H and O–H groups in total. The van der Waals surface area contributed by atoms with Crippen LogP contribution >= 0.6 is 28.3 Å². The average molecular weight is 412 g/mol. The first-order valence-electron chi connectivity index (χ1n) is 6.79. The van der Waals surface area contributed by atoms with Crippen molar-refractivity contribution in [3.63, 3.8) is 0 Å². The molecule has 0 saturated carbocycles. The number of benzene rings is 1. The molecule has 0 aliphatic carbocycles. The highest BCUT2D eigenvalue weighted by atomic mass is 79.9. The van der Waals surface area contributed by atoms with Crippen molar-refractivity contribution in [3.05, 3.63) is 28.2 Å². The lowest BCUT2D eigenvalue weighted by molar-refractivity contribution is 0.0706. The van der Waals surface area contributed by atoms with Gasteiger partial charge >= 0.3 is 0 Å². The molecule has 1 aromatic rings. The SMILES string of the molecule is CNC1CCN(C(=O)c2cc(S(C)(=O)=O)ccc2Br)CC1.Cl. The van der Waals surface area contributed by atoms with Gasteiger partial charge in [-0.05, 0) is 54.0 Å². The molecule has 1 aliphatic rings. The highest BCUT2D eigenvalue weighted by Gasteiger charge is 2.24. The zero-order valence-electron chi connectivity index (χ0n) is 12.5. The van der Waals surface area contributed by atoms with E-state index in [1.54, 1.807) is 11.0 Å². The Kier molecular flexibility index (Phi) is 6.85. The number of halogens is 2. The molecule has 2 rings (SSSR count). The molecule has 1 aliphatic heterocycles. The van der Waals surface area contributed by atoms with Crippen LogP contribution in [0.3, 0.4) is 0 Å². The van der Waals surface area contributed by atoms with E-state index in [1.807, 2.05) is 7.05 Å². The van der Waals surface area contributed by atoms with Crippen LogP contribution in [-0.2, 0) is 9.84 Å². The molecule has 5 nitrogen and oxygen atoms in total. The summed E-state index contributed by atoms with van der Waals surface area (Å²) in [5.41, 5.74) is 0.404. The van der Waals surface area contributed by atoms with Gasteiger partial charge in [0.1, 0.15) is 0 Å². The molecular formula is C14H20BrClN2O3S. The van der Waals surface area contributed by atoms with Gasteiger partial charge < -0.3 is 10.2 Å². The van der Waals surface area contributed by atoms with Crippen LogP contribution in [0.5, 0.6) is 0 Å². The number of likely N-dealkylation sites (tertiary alicyclic amines) is 1. The fraction of sp³-hybridized carbons (Fsp3) is 0.500. The second-order valence-corrected chi connectivity index (χ2v) is 8.14. The van der Waals surface area contributed by atoms with Gasteiger partial charge in [0.15, 0.2) is 9.84 Å². The van der Waals surface area contributed by atoms with Gasteiger partial charge in [-0.15, -0.1) is 12.4 Å². The molecule has 0 radical (unpaired) electrons. The minimum absolute atomic E-state index is 0. The number of carbonyl (C=O) groups is 1. The largest absolute Gasteiger partial charge is 0.338 e. The van der Waals surface area contributed by atoms with Crippen molar-refractivity contribution in [2.75, 3.05) is 26.4 Å². The van der Waals surface area contributed by atoms with Gasteiger partial charge in [-0.2, -0.15) is 0 Å². The molecule has 0 aromatic heterocycles. The van der Waals surface area contributed by atoms with Crippen molar-refractivity contribution in [1.29, 1.82) is 0 Å². The van der Waals surface area contributed by atoms with E-state index in [4.69, 9.17) is 0 Å². The summed E-state index contributed by atoms with van der Waals surface area (Å²) in [7, 11) is -1.40. The molecular weight excluding hydrogens is 392 g/mol. The Balaban J connectivity index is 0.00000242. The summed E-state index contributed by atoms with van der Waals surface area (Å²) < 4.78 is 23.9. The van der Waals surface area contributed by atoms with Crippen LogP contribution in [0.4, 0.5) is 0 Å². The lowest BCUT2D eigenvalue weighted by Gasteiger charge is -2.32. The molecule has 124 valence electrons. The Hall–Kier alpha value is -0.630. The van der Waals surface area contributed by atoms with E-state index >= 15 is 0 Å². The summed E-state index contributed by atoms with van der Waals surface area (Å²) in [4.78, 5) is 14.5. The third-order valence-electron chi connectivity index (χ3n) is 3.79. The van der Waals surface area contributed by atoms with Gasteiger partial charge in [-0.1, -0.05) is 0 Å². The highest BCUT2D eigenvalue weighted by Crippen LogP contribution is 2.24. The smallest absolute Gasteiger partial charge is 0.255 e. The number of amides is 1. The van der Waals surface area contributed by atoms with Gasteiger partial charge in [-0.3, -0.25) is 4.79 Å². The summed E-state index contributed by atoms with van der Waals surface area (Å²) in [5.74, 6) is -0.123.